The molecule has 2 N–H and O–H groups in total. The zero-order chi connectivity index (χ0) is 19.4. The molecule has 10 heteroatoms. The number of aromatic nitrogens is 6. The van der Waals surface area contributed by atoms with Crippen molar-refractivity contribution in [3.8, 4) is 0 Å². The van der Waals surface area contributed by atoms with E-state index in [9.17, 15) is 14.3 Å². The first-order valence-corrected chi connectivity index (χ1v) is 8.59. The van der Waals surface area contributed by atoms with E-state index < -0.39 is 5.97 Å². The Hall–Kier alpha value is -3.59. The minimum absolute atomic E-state index is 0.0211. The number of hydrogen-bond acceptors (Lipinski definition) is 5. The molecular weight excluding hydrogens is 387 g/mol. The predicted molar refractivity (Wildman–Crippen MR) is 99.1 cm³/mol. The molecule has 0 amide bonds. The van der Waals surface area contributed by atoms with Gasteiger partial charge in [-0.15, -0.1) is 10.2 Å². The molecule has 0 aliphatic rings. The minimum Gasteiger partial charge on any atom is -0.478 e. The van der Waals surface area contributed by atoms with E-state index in [0.717, 1.165) is 5.56 Å². The third kappa shape index (κ3) is 2.48. The lowest BCUT2D eigenvalue weighted by Gasteiger charge is -2.01. The molecule has 0 atom stereocenters. The highest BCUT2D eigenvalue weighted by molar-refractivity contribution is 6.40. The number of carboxylic acids is 1. The number of rotatable bonds is 3. The fourth-order valence-corrected chi connectivity index (χ4v) is 3.47. The van der Waals surface area contributed by atoms with Gasteiger partial charge in [-0.1, -0.05) is 23.7 Å². The molecule has 5 rings (SSSR count). The Kier molecular flexibility index (Phi) is 3.53. The molecule has 28 heavy (non-hydrogen) atoms. The van der Waals surface area contributed by atoms with Crippen LogP contribution in [0.4, 0.5) is 4.39 Å². The summed E-state index contributed by atoms with van der Waals surface area (Å²) in [4.78, 5) is 18.9. The van der Waals surface area contributed by atoms with Gasteiger partial charge in [0.25, 0.3) is 5.78 Å². The van der Waals surface area contributed by atoms with E-state index in [1.165, 1.54) is 22.7 Å². The van der Waals surface area contributed by atoms with Gasteiger partial charge in [0, 0.05) is 11.8 Å². The molecule has 0 spiro atoms. The first-order valence-electron chi connectivity index (χ1n) is 8.21. The first kappa shape index (κ1) is 16.6. The summed E-state index contributed by atoms with van der Waals surface area (Å²) < 4.78 is 14.6. The molecule has 3 aromatic heterocycles. The summed E-state index contributed by atoms with van der Waals surface area (Å²) in [7, 11) is 0. The number of carbonyl (C=O) groups is 1. The van der Waals surface area contributed by atoms with Crippen molar-refractivity contribution >= 4 is 45.4 Å². The zero-order valence-corrected chi connectivity index (χ0v) is 14.8. The number of hydrogen-bond donors (Lipinski definition) is 2. The summed E-state index contributed by atoms with van der Waals surface area (Å²) in [6.45, 7) is 0. The number of carboxylic acid groups (broad SMARTS) is 1. The Morgan fingerprint density at radius 3 is 2.71 bits per heavy atom. The summed E-state index contributed by atoms with van der Waals surface area (Å²) in [5.74, 6) is -0.655. The van der Waals surface area contributed by atoms with Crippen LogP contribution in [0, 0.1) is 5.82 Å². The molecule has 0 fully saturated rings. The summed E-state index contributed by atoms with van der Waals surface area (Å²) in [5, 5.41) is 22.6. The van der Waals surface area contributed by atoms with Gasteiger partial charge in [0.05, 0.1) is 16.1 Å². The third-order valence-electron chi connectivity index (χ3n) is 4.46. The summed E-state index contributed by atoms with van der Waals surface area (Å²) >= 11 is 6.32. The highest BCUT2D eigenvalue weighted by atomic mass is 35.5. The number of nitrogens with zero attached hydrogens (tertiary/aromatic N) is 5. The van der Waals surface area contributed by atoms with Gasteiger partial charge in [0.15, 0.2) is 11.5 Å². The Labute approximate surface area is 160 Å². The number of halogens is 2. The van der Waals surface area contributed by atoms with Gasteiger partial charge in [-0.2, -0.15) is 14.6 Å². The Bertz CT molecular complexity index is 1390. The van der Waals surface area contributed by atoms with Gasteiger partial charge in [-0.05, 0) is 29.8 Å². The highest BCUT2D eigenvalue weighted by Gasteiger charge is 2.19. The van der Waals surface area contributed by atoms with E-state index in [1.807, 2.05) is 0 Å². The van der Waals surface area contributed by atoms with Crippen LogP contribution < -0.4 is 0 Å². The number of aromatic amines is 1. The smallest absolute Gasteiger partial charge is 0.337 e. The van der Waals surface area contributed by atoms with Crippen LogP contribution in [0.15, 0.2) is 36.4 Å². The monoisotopic (exact) mass is 396 g/mol. The van der Waals surface area contributed by atoms with Gasteiger partial charge >= 0.3 is 5.97 Å². The van der Waals surface area contributed by atoms with Crippen LogP contribution in [0.3, 0.4) is 0 Å². The standard InChI is InChI=1S/C18H10ClFN6O2/c19-14-10(17(27)28)5-6-11-13(14)15-16(21-11)22-18-24-23-12(26(18)25-15)7-8-1-3-9(20)4-2-8/h1-6H,7H2,(H,27,28)(H,21,22,24). The van der Waals surface area contributed by atoms with Gasteiger partial charge in [-0.3, -0.25) is 0 Å². The van der Waals surface area contributed by atoms with Crippen LogP contribution in [0.1, 0.15) is 21.7 Å². The summed E-state index contributed by atoms with van der Waals surface area (Å²) in [6.07, 6.45) is 0.373. The summed E-state index contributed by atoms with van der Waals surface area (Å²) in [5.41, 5.74) is 2.27. The Morgan fingerprint density at radius 2 is 1.96 bits per heavy atom. The van der Waals surface area contributed by atoms with Crippen molar-refractivity contribution < 1.29 is 14.3 Å². The van der Waals surface area contributed by atoms with Crippen molar-refractivity contribution in [1.29, 1.82) is 0 Å². The Balaban J connectivity index is 1.72. The van der Waals surface area contributed by atoms with Crippen molar-refractivity contribution in [2.75, 3.05) is 0 Å². The van der Waals surface area contributed by atoms with Crippen LogP contribution in [-0.4, -0.2) is 40.9 Å². The maximum Gasteiger partial charge on any atom is 0.337 e. The molecule has 0 aliphatic heterocycles. The second-order valence-corrected chi connectivity index (χ2v) is 6.60. The van der Waals surface area contributed by atoms with E-state index in [0.29, 0.717) is 34.3 Å². The van der Waals surface area contributed by atoms with E-state index in [-0.39, 0.29) is 22.2 Å². The number of nitrogens with one attached hydrogen (secondary N) is 1. The predicted octanol–water partition coefficient (Wildman–Crippen LogP) is 3.24. The topological polar surface area (TPSA) is 109 Å². The van der Waals surface area contributed by atoms with Crippen molar-refractivity contribution in [2.24, 2.45) is 0 Å². The van der Waals surface area contributed by atoms with Gasteiger partial charge in [0.1, 0.15) is 11.3 Å². The van der Waals surface area contributed by atoms with Gasteiger partial charge in [-0.25, -0.2) is 9.18 Å². The average molecular weight is 397 g/mol. The lowest BCUT2D eigenvalue weighted by atomic mass is 10.1. The van der Waals surface area contributed by atoms with Crippen molar-refractivity contribution in [1.82, 2.24) is 29.8 Å². The van der Waals surface area contributed by atoms with Crippen molar-refractivity contribution in [2.45, 2.75) is 6.42 Å². The number of H-pyrrole nitrogens is 1. The van der Waals surface area contributed by atoms with Crippen LogP contribution in [0.5, 0.6) is 0 Å². The van der Waals surface area contributed by atoms with Gasteiger partial charge < -0.3 is 10.1 Å². The molecule has 5 aromatic rings. The van der Waals surface area contributed by atoms with Crippen LogP contribution in [-0.2, 0) is 6.42 Å². The quantitative estimate of drug-likeness (QED) is 0.484. The van der Waals surface area contributed by atoms with Crippen LogP contribution >= 0.6 is 11.6 Å². The molecule has 8 nitrogen and oxygen atoms in total. The Morgan fingerprint density at radius 1 is 1.18 bits per heavy atom. The fraction of sp³-hybridized carbons (Fsp3) is 0.0556. The first-order chi connectivity index (χ1) is 13.5. The molecule has 0 aliphatic carbocycles. The van der Waals surface area contributed by atoms with Crippen molar-refractivity contribution in [3.63, 3.8) is 0 Å². The maximum atomic E-state index is 13.1. The van der Waals surface area contributed by atoms with Crippen LogP contribution in [0.2, 0.25) is 5.02 Å². The molecule has 3 heterocycles. The van der Waals surface area contributed by atoms with E-state index >= 15 is 0 Å². The molecular formula is C18H10ClFN6O2. The van der Waals surface area contributed by atoms with Gasteiger partial charge in [0.2, 0.25) is 0 Å². The SMILES string of the molecule is O=C(O)c1ccc2[nH]c3nc4nnc(Cc5ccc(F)cc5)n4nc3c2c1Cl. The molecule has 0 saturated carbocycles. The minimum atomic E-state index is -1.13. The zero-order valence-electron chi connectivity index (χ0n) is 14.0. The lowest BCUT2D eigenvalue weighted by molar-refractivity contribution is 0.0697. The van der Waals surface area contributed by atoms with E-state index in [1.54, 1.807) is 18.2 Å². The second kappa shape index (κ2) is 5.96. The third-order valence-corrected chi connectivity index (χ3v) is 4.86. The van der Waals surface area contributed by atoms with E-state index in [2.05, 4.69) is 25.3 Å². The lowest BCUT2D eigenvalue weighted by Crippen LogP contribution is -2.02. The number of benzene rings is 2. The van der Waals surface area contributed by atoms with E-state index in [4.69, 9.17) is 11.6 Å². The molecule has 0 bridgehead atoms. The second-order valence-electron chi connectivity index (χ2n) is 6.22. The molecule has 0 saturated heterocycles. The molecule has 138 valence electrons. The number of fused-ring (bicyclic) bond motifs is 4. The summed E-state index contributed by atoms with van der Waals surface area (Å²) in [6, 6.07) is 9.10. The van der Waals surface area contributed by atoms with Crippen molar-refractivity contribution in [3.05, 3.63) is 64.2 Å². The molecule has 0 unspecified atom stereocenters. The normalized spacial score (nSPS) is 11.6. The fourth-order valence-electron chi connectivity index (χ4n) is 3.13. The van der Waals surface area contributed by atoms with Crippen LogP contribution in [0.25, 0.3) is 27.8 Å². The maximum absolute atomic E-state index is 13.1. The molecule has 0 radical (unpaired) electrons. The number of aromatic carboxylic acids is 1. The average Bonchev–Trinajstić information content (AvgIpc) is 3.22. The largest absolute Gasteiger partial charge is 0.478 e. The molecule has 2 aromatic carbocycles. The highest BCUT2D eigenvalue weighted by Crippen LogP contribution is 2.32.